The van der Waals surface area contributed by atoms with E-state index in [9.17, 15) is 4.79 Å². The van der Waals surface area contributed by atoms with Crippen LogP contribution in [0.25, 0.3) is 0 Å². The Morgan fingerprint density at radius 2 is 2.56 bits per heavy atom. The summed E-state index contributed by atoms with van der Waals surface area (Å²) in [6.07, 6.45) is 3.57. The molecule has 1 unspecified atom stereocenters. The number of aromatic amines is 1. The van der Waals surface area contributed by atoms with Gasteiger partial charge in [-0.2, -0.15) is 0 Å². The molecule has 6 nitrogen and oxygen atoms in total. The Kier molecular flexibility index (Phi) is 3.40. The van der Waals surface area contributed by atoms with Crippen LogP contribution in [0.2, 0.25) is 0 Å². The van der Waals surface area contributed by atoms with E-state index in [1.807, 2.05) is 0 Å². The summed E-state index contributed by atoms with van der Waals surface area (Å²) in [5.74, 6) is 0.920. The molecule has 1 aliphatic heterocycles. The highest BCUT2D eigenvalue weighted by Gasteiger charge is 2.14. The van der Waals surface area contributed by atoms with E-state index in [1.54, 1.807) is 0 Å². The van der Waals surface area contributed by atoms with Crippen LogP contribution in [0, 0.1) is 5.92 Å². The molecule has 16 heavy (non-hydrogen) atoms. The van der Waals surface area contributed by atoms with Gasteiger partial charge in [0.1, 0.15) is 5.69 Å². The van der Waals surface area contributed by atoms with Crippen molar-refractivity contribution in [1.29, 1.82) is 0 Å². The van der Waals surface area contributed by atoms with Crippen molar-refractivity contribution in [2.24, 2.45) is 5.92 Å². The standard InChI is InChI=1S/C10H16N4O2/c11-8-9(13-6-14-10(8)15)12-4-7-2-1-3-16-5-7/h6-7H,1-5,11H2,(H2,12,13,14,15). The Labute approximate surface area is 93.2 Å². The lowest BCUT2D eigenvalue weighted by molar-refractivity contribution is 0.0595. The predicted octanol–water partition coefficient (Wildman–Crippen LogP) is 0.191. The zero-order chi connectivity index (χ0) is 11.4. The van der Waals surface area contributed by atoms with Gasteiger partial charge in [-0.05, 0) is 18.8 Å². The van der Waals surface area contributed by atoms with Gasteiger partial charge in [-0.3, -0.25) is 4.79 Å². The summed E-state index contributed by atoms with van der Waals surface area (Å²) in [5, 5.41) is 3.09. The Hall–Kier alpha value is -1.56. The molecule has 88 valence electrons. The number of anilines is 2. The van der Waals surface area contributed by atoms with Gasteiger partial charge in [0, 0.05) is 13.2 Å². The molecular formula is C10H16N4O2. The van der Waals surface area contributed by atoms with Crippen molar-refractivity contribution < 1.29 is 4.74 Å². The van der Waals surface area contributed by atoms with Crippen molar-refractivity contribution >= 4 is 11.5 Å². The van der Waals surface area contributed by atoms with Gasteiger partial charge in [0.05, 0.1) is 12.9 Å². The molecule has 0 bridgehead atoms. The third-order valence-electron chi connectivity index (χ3n) is 2.70. The van der Waals surface area contributed by atoms with Crippen LogP contribution in [0.5, 0.6) is 0 Å². The van der Waals surface area contributed by atoms with E-state index in [1.165, 1.54) is 6.33 Å². The highest BCUT2D eigenvalue weighted by Crippen LogP contribution is 2.15. The molecule has 1 aromatic heterocycles. The normalized spacial score (nSPS) is 20.6. The average molecular weight is 224 g/mol. The number of nitrogens with zero attached hydrogens (tertiary/aromatic N) is 1. The minimum absolute atomic E-state index is 0.138. The van der Waals surface area contributed by atoms with E-state index in [2.05, 4.69) is 15.3 Å². The van der Waals surface area contributed by atoms with E-state index >= 15 is 0 Å². The maximum absolute atomic E-state index is 11.2. The number of rotatable bonds is 3. The fourth-order valence-corrected chi connectivity index (χ4v) is 1.76. The zero-order valence-electron chi connectivity index (χ0n) is 9.03. The Morgan fingerprint density at radius 1 is 1.69 bits per heavy atom. The SMILES string of the molecule is Nc1c(NCC2CCCOC2)nc[nH]c1=O. The van der Waals surface area contributed by atoms with Gasteiger partial charge in [-0.1, -0.05) is 0 Å². The number of aromatic nitrogens is 2. The molecule has 0 amide bonds. The molecule has 1 aliphatic rings. The van der Waals surface area contributed by atoms with E-state index in [0.29, 0.717) is 11.7 Å². The quantitative estimate of drug-likeness (QED) is 0.681. The molecule has 2 heterocycles. The number of hydrogen-bond acceptors (Lipinski definition) is 5. The highest BCUT2D eigenvalue weighted by molar-refractivity contribution is 5.58. The van der Waals surface area contributed by atoms with Crippen molar-refractivity contribution in [3.05, 3.63) is 16.7 Å². The lowest BCUT2D eigenvalue weighted by Gasteiger charge is -2.22. The fourth-order valence-electron chi connectivity index (χ4n) is 1.76. The molecule has 0 aromatic carbocycles. The van der Waals surface area contributed by atoms with Gasteiger partial charge in [-0.25, -0.2) is 4.98 Å². The molecule has 0 saturated carbocycles. The lowest BCUT2D eigenvalue weighted by atomic mass is 10.0. The Morgan fingerprint density at radius 3 is 3.31 bits per heavy atom. The van der Waals surface area contributed by atoms with Crippen molar-refractivity contribution in [3.8, 4) is 0 Å². The molecule has 1 fully saturated rings. The fraction of sp³-hybridized carbons (Fsp3) is 0.600. The summed E-state index contributed by atoms with van der Waals surface area (Å²) in [5.41, 5.74) is 5.43. The van der Waals surface area contributed by atoms with Gasteiger partial charge >= 0.3 is 0 Å². The Balaban J connectivity index is 1.93. The summed E-state index contributed by atoms with van der Waals surface area (Å²) in [7, 11) is 0. The average Bonchev–Trinajstić information content (AvgIpc) is 2.32. The summed E-state index contributed by atoms with van der Waals surface area (Å²) in [6.45, 7) is 2.35. The molecule has 1 atom stereocenters. The second kappa shape index (κ2) is 4.98. The molecule has 2 rings (SSSR count). The minimum Gasteiger partial charge on any atom is -0.391 e. The Bertz CT molecular complexity index is 398. The number of hydrogen-bond donors (Lipinski definition) is 3. The largest absolute Gasteiger partial charge is 0.391 e. The predicted molar refractivity (Wildman–Crippen MR) is 61.3 cm³/mol. The van der Waals surface area contributed by atoms with Crippen LogP contribution >= 0.6 is 0 Å². The van der Waals surface area contributed by atoms with Gasteiger partial charge in [0.2, 0.25) is 0 Å². The van der Waals surface area contributed by atoms with Crippen LogP contribution < -0.4 is 16.6 Å². The first-order chi connectivity index (χ1) is 7.77. The van der Waals surface area contributed by atoms with Crippen molar-refractivity contribution in [3.63, 3.8) is 0 Å². The molecular weight excluding hydrogens is 208 g/mol. The third-order valence-corrected chi connectivity index (χ3v) is 2.70. The van der Waals surface area contributed by atoms with Crippen LogP contribution in [-0.4, -0.2) is 29.7 Å². The summed E-state index contributed by atoms with van der Waals surface area (Å²) < 4.78 is 5.36. The number of nitrogens with one attached hydrogen (secondary N) is 2. The van der Waals surface area contributed by atoms with E-state index in [4.69, 9.17) is 10.5 Å². The van der Waals surface area contributed by atoms with E-state index in [0.717, 1.165) is 32.6 Å². The van der Waals surface area contributed by atoms with Gasteiger partial charge in [-0.15, -0.1) is 0 Å². The van der Waals surface area contributed by atoms with Gasteiger partial charge < -0.3 is 20.8 Å². The first-order valence-corrected chi connectivity index (χ1v) is 5.42. The van der Waals surface area contributed by atoms with Crippen LogP contribution in [-0.2, 0) is 4.74 Å². The van der Waals surface area contributed by atoms with Crippen molar-refractivity contribution in [1.82, 2.24) is 9.97 Å². The molecule has 1 aromatic rings. The number of ether oxygens (including phenoxy) is 1. The minimum atomic E-state index is -0.308. The zero-order valence-corrected chi connectivity index (χ0v) is 9.03. The summed E-state index contributed by atoms with van der Waals surface area (Å²) in [6, 6.07) is 0. The van der Waals surface area contributed by atoms with Crippen LogP contribution in [0.3, 0.4) is 0 Å². The second-order valence-corrected chi connectivity index (χ2v) is 3.96. The lowest BCUT2D eigenvalue weighted by Crippen LogP contribution is -2.26. The second-order valence-electron chi connectivity index (χ2n) is 3.96. The van der Waals surface area contributed by atoms with Crippen LogP contribution in [0.15, 0.2) is 11.1 Å². The molecule has 4 N–H and O–H groups in total. The number of H-pyrrole nitrogens is 1. The number of nitrogens with two attached hydrogens (primary N) is 1. The van der Waals surface area contributed by atoms with Crippen LogP contribution in [0.4, 0.5) is 11.5 Å². The maximum Gasteiger partial charge on any atom is 0.276 e. The van der Waals surface area contributed by atoms with E-state index in [-0.39, 0.29) is 11.2 Å². The molecule has 1 saturated heterocycles. The molecule has 0 aliphatic carbocycles. The van der Waals surface area contributed by atoms with Crippen molar-refractivity contribution in [2.75, 3.05) is 30.8 Å². The van der Waals surface area contributed by atoms with Gasteiger partial charge in [0.25, 0.3) is 5.56 Å². The summed E-state index contributed by atoms with van der Waals surface area (Å²) in [4.78, 5) is 17.6. The third kappa shape index (κ3) is 2.52. The van der Waals surface area contributed by atoms with Crippen molar-refractivity contribution in [2.45, 2.75) is 12.8 Å². The van der Waals surface area contributed by atoms with E-state index < -0.39 is 0 Å². The summed E-state index contributed by atoms with van der Waals surface area (Å²) >= 11 is 0. The van der Waals surface area contributed by atoms with Gasteiger partial charge in [0.15, 0.2) is 5.82 Å². The molecule has 0 radical (unpaired) electrons. The molecule has 0 spiro atoms. The first kappa shape index (κ1) is 10.9. The monoisotopic (exact) mass is 224 g/mol. The maximum atomic E-state index is 11.2. The molecule has 6 heteroatoms. The van der Waals surface area contributed by atoms with Crippen LogP contribution in [0.1, 0.15) is 12.8 Å². The number of nitrogen functional groups attached to an aromatic ring is 1. The topological polar surface area (TPSA) is 93.0 Å². The highest BCUT2D eigenvalue weighted by atomic mass is 16.5. The first-order valence-electron chi connectivity index (χ1n) is 5.42. The smallest absolute Gasteiger partial charge is 0.276 e.